The van der Waals surface area contributed by atoms with Gasteiger partial charge in [-0.25, -0.2) is 9.78 Å². The molecule has 0 aliphatic heterocycles. The number of rotatable bonds is 5. The van der Waals surface area contributed by atoms with Gasteiger partial charge in [0.15, 0.2) is 0 Å². The first-order valence-electron chi connectivity index (χ1n) is 7.31. The molecule has 1 amide bonds. The number of hydrogen-bond donors (Lipinski definition) is 1. The van der Waals surface area contributed by atoms with E-state index in [2.05, 4.69) is 4.98 Å². The molecule has 1 N–H and O–H groups in total. The van der Waals surface area contributed by atoms with Gasteiger partial charge in [0.1, 0.15) is 0 Å². The molecule has 0 saturated heterocycles. The number of hydrogen-bond acceptors (Lipinski definition) is 4. The number of thiazole rings is 1. The summed E-state index contributed by atoms with van der Waals surface area (Å²) in [5.41, 5.74) is 1.85. The number of likely N-dealkylation sites (N-methyl/N-ethyl adjacent to an activating group) is 1. The predicted molar refractivity (Wildman–Crippen MR) is 89.9 cm³/mol. The summed E-state index contributed by atoms with van der Waals surface area (Å²) in [6.07, 6.45) is 0.179. The van der Waals surface area contributed by atoms with Gasteiger partial charge in [0.25, 0.3) is 0 Å². The molecule has 23 heavy (non-hydrogen) atoms. The number of benzene rings is 1. The molecule has 0 saturated carbocycles. The zero-order chi connectivity index (χ0) is 17.1. The average molecular weight is 332 g/mol. The number of nitrogens with zero attached hydrogens (tertiary/aromatic N) is 2. The lowest BCUT2D eigenvalue weighted by Crippen LogP contribution is -2.30. The van der Waals surface area contributed by atoms with Crippen molar-refractivity contribution in [1.82, 2.24) is 9.88 Å². The maximum absolute atomic E-state index is 12.5. The molecule has 1 heterocycles. The third-order valence-corrected chi connectivity index (χ3v) is 5.07. The number of aryl methyl sites for hydroxylation is 2. The molecular weight excluding hydrogens is 312 g/mol. The van der Waals surface area contributed by atoms with E-state index in [1.54, 1.807) is 41.5 Å². The third-order valence-electron chi connectivity index (χ3n) is 3.82. The highest BCUT2D eigenvalue weighted by Crippen LogP contribution is 2.28. The van der Waals surface area contributed by atoms with Crippen molar-refractivity contribution >= 4 is 23.2 Å². The fraction of sp³-hybridized carbons (Fsp3) is 0.353. The highest BCUT2D eigenvalue weighted by atomic mass is 32.1. The molecule has 1 aromatic carbocycles. The molecule has 2 aromatic rings. The topological polar surface area (TPSA) is 70.5 Å². The van der Waals surface area contributed by atoms with Crippen LogP contribution in [0.2, 0.25) is 0 Å². The number of carbonyl (C=O) groups is 2. The molecule has 1 atom stereocenters. The molecule has 0 aliphatic carbocycles. The number of carboxylic acids is 1. The van der Waals surface area contributed by atoms with Crippen LogP contribution in [0.5, 0.6) is 0 Å². The Kier molecular flexibility index (Phi) is 5.15. The van der Waals surface area contributed by atoms with Crippen LogP contribution >= 0.6 is 11.3 Å². The van der Waals surface area contributed by atoms with Crippen molar-refractivity contribution in [2.24, 2.45) is 0 Å². The van der Waals surface area contributed by atoms with E-state index in [4.69, 9.17) is 5.11 Å². The lowest BCUT2D eigenvalue weighted by atomic mass is 10.1. The van der Waals surface area contributed by atoms with Gasteiger partial charge in [-0.15, -0.1) is 11.3 Å². The van der Waals surface area contributed by atoms with Crippen LogP contribution in [0.4, 0.5) is 0 Å². The van der Waals surface area contributed by atoms with Crippen molar-refractivity contribution < 1.29 is 14.7 Å². The Bertz CT molecular complexity index is 739. The molecule has 122 valence electrons. The Morgan fingerprint density at radius 3 is 2.61 bits per heavy atom. The van der Waals surface area contributed by atoms with Crippen molar-refractivity contribution in [2.45, 2.75) is 33.2 Å². The largest absolute Gasteiger partial charge is 0.478 e. The molecule has 1 aromatic heterocycles. The van der Waals surface area contributed by atoms with Crippen molar-refractivity contribution in [3.05, 3.63) is 51.0 Å². The Labute approximate surface area is 139 Å². The van der Waals surface area contributed by atoms with Gasteiger partial charge in [-0.2, -0.15) is 0 Å². The minimum Gasteiger partial charge on any atom is -0.478 e. The quantitative estimate of drug-likeness (QED) is 0.912. The number of carbonyl (C=O) groups excluding carboxylic acids is 1. The summed E-state index contributed by atoms with van der Waals surface area (Å²) in [6.45, 7) is 5.88. The summed E-state index contributed by atoms with van der Waals surface area (Å²) in [7, 11) is 1.77. The maximum Gasteiger partial charge on any atom is 0.335 e. The van der Waals surface area contributed by atoms with Crippen LogP contribution in [0, 0.1) is 13.8 Å². The van der Waals surface area contributed by atoms with Crippen LogP contribution in [-0.4, -0.2) is 33.9 Å². The summed E-state index contributed by atoms with van der Waals surface area (Å²) in [5.74, 6) is -1.04. The van der Waals surface area contributed by atoms with E-state index in [0.717, 1.165) is 15.6 Å². The molecular formula is C17H20N2O3S. The van der Waals surface area contributed by atoms with Crippen LogP contribution in [-0.2, 0) is 11.2 Å². The molecule has 0 radical (unpaired) electrons. The minimum atomic E-state index is -0.989. The van der Waals surface area contributed by atoms with Crippen molar-refractivity contribution in [2.75, 3.05) is 7.05 Å². The second-order valence-corrected chi connectivity index (χ2v) is 6.78. The summed E-state index contributed by atoms with van der Waals surface area (Å²) in [6, 6.07) is 6.43. The first kappa shape index (κ1) is 17.1. The molecule has 6 heteroatoms. The average Bonchev–Trinajstić information content (AvgIpc) is 2.84. The van der Waals surface area contributed by atoms with E-state index in [0.29, 0.717) is 5.56 Å². The van der Waals surface area contributed by atoms with Gasteiger partial charge in [-0.1, -0.05) is 12.1 Å². The smallest absolute Gasteiger partial charge is 0.335 e. The Morgan fingerprint density at radius 1 is 1.35 bits per heavy atom. The van der Waals surface area contributed by atoms with Gasteiger partial charge in [-0.05, 0) is 38.5 Å². The van der Waals surface area contributed by atoms with Crippen molar-refractivity contribution in [3.8, 4) is 0 Å². The van der Waals surface area contributed by atoms with Crippen molar-refractivity contribution in [1.29, 1.82) is 0 Å². The number of amides is 1. The second-order valence-electron chi connectivity index (χ2n) is 5.55. The van der Waals surface area contributed by atoms with Crippen molar-refractivity contribution in [3.63, 3.8) is 0 Å². The summed E-state index contributed by atoms with van der Waals surface area (Å²) in [5, 5.41) is 10.0. The van der Waals surface area contributed by atoms with E-state index in [1.807, 2.05) is 20.8 Å². The highest BCUT2D eigenvalue weighted by molar-refractivity contribution is 7.11. The maximum atomic E-state index is 12.5. The van der Waals surface area contributed by atoms with Crippen LogP contribution in [0.3, 0.4) is 0 Å². The standard InChI is InChI=1S/C17H20N2O3S/c1-10-16(23-12(3)18-10)11(2)19(4)15(20)9-13-6-5-7-14(8-13)17(21)22/h5-8,11H,9H2,1-4H3,(H,21,22). The second kappa shape index (κ2) is 6.91. The first-order valence-corrected chi connectivity index (χ1v) is 8.13. The van der Waals surface area contributed by atoms with E-state index in [1.165, 1.54) is 6.07 Å². The molecule has 5 nitrogen and oxygen atoms in total. The highest BCUT2D eigenvalue weighted by Gasteiger charge is 2.21. The third kappa shape index (κ3) is 3.96. The lowest BCUT2D eigenvalue weighted by Gasteiger charge is -2.24. The molecule has 0 aliphatic rings. The van der Waals surface area contributed by atoms with Crippen LogP contribution in [0.25, 0.3) is 0 Å². The fourth-order valence-electron chi connectivity index (χ4n) is 2.44. The van der Waals surface area contributed by atoms with E-state index in [-0.39, 0.29) is 23.9 Å². The molecule has 2 rings (SSSR count). The molecule has 0 spiro atoms. The van der Waals surface area contributed by atoms with Crippen LogP contribution in [0.1, 0.15) is 44.5 Å². The SMILES string of the molecule is Cc1nc(C)c(C(C)N(C)C(=O)Cc2cccc(C(=O)O)c2)s1. The summed E-state index contributed by atoms with van der Waals surface area (Å²) < 4.78 is 0. The van der Waals surface area contributed by atoms with Gasteiger partial charge in [-0.3, -0.25) is 4.79 Å². The first-order chi connectivity index (χ1) is 10.8. The number of aromatic nitrogens is 1. The predicted octanol–water partition coefficient (Wildman–Crippen LogP) is 3.22. The fourth-order valence-corrected chi connectivity index (χ4v) is 3.46. The van der Waals surface area contributed by atoms with Gasteiger partial charge >= 0.3 is 5.97 Å². The normalized spacial score (nSPS) is 12.0. The zero-order valence-electron chi connectivity index (χ0n) is 13.7. The molecule has 0 bridgehead atoms. The van der Waals surface area contributed by atoms with Gasteiger partial charge in [0, 0.05) is 11.9 Å². The number of carboxylic acid groups (broad SMARTS) is 1. The Hall–Kier alpha value is -2.21. The van der Waals surface area contributed by atoms with Crippen LogP contribution < -0.4 is 0 Å². The molecule has 1 unspecified atom stereocenters. The molecule has 0 fully saturated rings. The van der Waals surface area contributed by atoms with Gasteiger partial charge < -0.3 is 10.0 Å². The number of aromatic carboxylic acids is 1. The zero-order valence-corrected chi connectivity index (χ0v) is 14.5. The van der Waals surface area contributed by atoms with E-state index in [9.17, 15) is 9.59 Å². The summed E-state index contributed by atoms with van der Waals surface area (Å²) in [4.78, 5) is 30.7. The Balaban J connectivity index is 2.12. The monoisotopic (exact) mass is 332 g/mol. The van der Waals surface area contributed by atoms with E-state index >= 15 is 0 Å². The van der Waals surface area contributed by atoms with Crippen LogP contribution in [0.15, 0.2) is 24.3 Å². The summed E-state index contributed by atoms with van der Waals surface area (Å²) >= 11 is 1.60. The minimum absolute atomic E-state index is 0.0505. The van der Waals surface area contributed by atoms with Gasteiger partial charge in [0.2, 0.25) is 5.91 Å². The van der Waals surface area contributed by atoms with Gasteiger partial charge in [0.05, 0.1) is 28.7 Å². The Morgan fingerprint density at radius 2 is 2.04 bits per heavy atom. The van der Waals surface area contributed by atoms with E-state index < -0.39 is 5.97 Å². The lowest BCUT2D eigenvalue weighted by molar-refractivity contribution is -0.131.